The van der Waals surface area contributed by atoms with Gasteiger partial charge in [-0.3, -0.25) is 15.0 Å². The Bertz CT molecular complexity index is 414. The summed E-state index contributed by atoms with van der Waals surface area (Å²) in [6, 6.07) is 6.93. The fraction of sp³-hybridized carbons (Fsp3) is 0.385. The van der Waals surface area contributed by atoms with Crippen LogP contribution in [0.3, 0.4) is 0 Å². The van der Waals surface area contributed by atoms with Crippen LogP contribution < -0.4 is 0 Å². The highest BCUT2D eigenvalue weighted by Gasteiger charge is 2.23. The zero-order valence-corrected chi connectivity index (χ0v) is 9.71. The Labute approximate surface area is 101 Å². The topological polar surface area (TPSA) is 46.4 Å². The SMILES string of the molecule is C=CCN1CC[C@@H](c2ccc([N+](=O)[O-])cc2)C1. The van der Waals surface area contributed by atoms with Gasteiger partial charge in [-0.15, -0.1) is 6.58 Å². The Hall–Kier alpha value is -1.68. The zero-order chi connectivity index (χ0) is 12.3. The number of rotatable bonds is 4. The fourth-order valence-electron chi connectivity index (χ4n) is 2.32. The van der Waals surface area contributed by atoms with Crippen molar-refractivity contribution < 1.29 is 4.92 Å². The quantitative estimate of drug-likeness (QED) is 0.455. The predicted octanol–water partition coefficient (Wildman–Crippen LogP) is 2.57. The summed E-state index contributed by atoms with van der Waals surface area (Å²) < 4.78 is 0. The van der Waals surface area contributed by atoms with Crippen LogP contribution in [0.25, 0.3) is 0 Å². The van der Waals surface area contributed by atoms with Crippen LogP contribution in [-0.4, -0.2) is 29.5 Å². The van der Waals surface area contributed by atoms with E-state index < -0.39 is 0 Å². The van der Waals surface area contributed by atoms with Gasteiger partial charge < -0.3 is 0 Å². The van der Waals surface area contributed by atoms with Gasteiger partial charge >= 0.3 is 0 Å². The third-order valence-electron chi connectivity index (χ3n) is 3.23. The number of hydrogen-bond donors (Lipinski definition) is 0. The summed E-state index contributed by atoms with van der Waals surface area (Å²) in [6.45, 7) is 6.75. The van der Waals surface area contributed by atoms with E-state index in [1.165, 1.54) is 5.56 Å². The summed E-state index contributed by atoms with van der Waals surface area (Å²) in [6.07, 6.45) is 3.03. The second-order valence-corrected chi connectivity index (χ2v) is 4.38. The third kappa shape index (κ3) is 2.71. The van der Waals surface area contributed by atoms with Crippen molar-refractivity contribution in [3.63, 3.8) is 0 Å². The Kier molecular flexibility index (Phi) is 3.54. The molecular weight excluding hydrogens is 216 g/mol. The molecule has 1 atom stereocenters. The van der Waals surface area contributed by atoms with Gasteiger partial charge in [0.2, 0.25) is 0 Å². The van der Waals surface area contributed by atoms with Crippen molar-refractivity contribution in [3.05, 3.63) is 52.6 Å². The number of hydrogen-bond acceptors (Lipinski definition) is 3. The Morgan fingerprint density at radius 1 is 1.47 bits per heavy atom. The van der Waals surface area contributed by atoms with Gasteiger partial charge in [0.15, 0.2) is 0 Å². The molecule has 0 aromatic heterocycles. The fourth-order valence-corrected chi connectivity index (χ4v) is 2.32. The maximum Gasteiger partial charge on any atom is 0.269 e. The number of nitrogens with zero attached hydrogens (tertiary/aromatic N) is 2. The van der Waals surface area contributed by atoms with Gasteiger partial charge in [0.05, 0.1) is 4.92 Å². The van der Waals surface area contributed by atoms with Crippen LogP contribution >= 0.6 is 0 Å². The number of nitro benzene ring substituents is 1. The molecule has 0 bridgehead atoms. The van der Waals surface area contributed by atoms with Gasteiger partial charge in [0.25, 0.3) is 5.69 Å². The number of nitro groups is 1. The lowest BCUT2D eigenvalue weighted by molar-refractivity contribution is -0.384. The van der Waals surface area contributed by atoms with Crippen LogP contribution in [0.15, 0.2) is 36.9 Å². The molecule has 2 rings (SSSR count). The van der Waals surface area contributed by atoms with E-state index >= 15 is 0 Å². The molecule has 0 amide bonds. The zero-order valence-electron chi connectivity index (χ0n) is 9.71. The van der Waals surface area contributed by atoms with E-state index in [4.69, 9.17) is 0 Å². The lowest BCUT2D eigenvalue weighted by Gasteiger charge is -2.13. The van der Waals surface area contributed by atoms with E-state index in [-0.39, 0.29) is 10.6 Å². The van der Waals surface area contributed by atoms with E-state index in [1.54, 1.807) is 12.1 Å². The van der Waals surface area contributed by atoms with Gasteiger partial charge in [-0.05, 0) is 24.4 Å². The van der Waals surface area contributed by atoms with E-state index in [0.717, 1.165) is 26.1 Å². The first-order valence-electron chi connectivity index (χ1n) is 5.78. The summed E-state index contributed by atoms with van der Waals surface area (Å²) in [7, 11) is 0. The first-order valence-corrected chi connectivity index (χ1v) is 5.78. The van der Waals surface area contributed by atoms with Crippen molar-refractivity contribution in [2.24, 2.45) is 0 Å². The van der Waals surface area contributed by atoms with E-state index in [2.05, 4.69) is 11.5 Å². The molecule has 0 spiro atoms. The first kappa shape index (κ1) is 11.8. The molecule has 0 aliphatic carbocycles. The molecule has 0 N–H and O–H groups in total. The van der Waals surface area contributed by atoms with E-state index in [0.29, 0.717) is 5.92 Å². The smallest absolute Gasteiger partial charge is 0.269 e. The second kappa shape index (κ2) is 5.10. The van der Waals surface area contributed by atoms with Gasteiger partial charge in [0.1, 0.15) is 0 Å². The van der Waals surface area contributed by atoms with Crippen LogP contribution in [0.4, 0.5) is 5.69 Å². The predicted molar refractivity (Wildman–Crippen MR) is 67.1 cm³/mol. The molecule has 1 aromatic rings. The molecule has 17 heavy (non-hydrogen) atoms. The lowest BCUT2D eigenvalue weighted by Crippen LogP contribution is -2.19. The summed E-state index contributed by atoms with van der Waals surface area (Å²) >= 11 is 0. The van der Waals surface area contributed by atoms with Crippen LogP contribution in [0.2, 0.25) is 0 Å². The molecule has 1 saturated heterocycles. The molecule has 0 radical (unpaired) electrons. The molecule has 1 aliphatic rings. The highest BCUT2D eigenvalue weighted by atomic mass is 16.6. The van der Waals surface area contributed by atoms with Gasteiger partial charge in [-0.1, -0.05) is 18.2 Å². The molecule has 0 unspecified atom stereocenters. The van der Waals surface area contributed by atoms with Crippen molar-refractivity contribution in [1.29, 1.82) is 0 Å². The standard InChI is InChI=1S/C13H16N2O2/c1-2-8-14-9-7-12(10-14)11-3-5-13(6-4-11)15(16)17/h2-6,12H,1,7-10H2/t12-/m1/s1. The van der Waals surface area contributed by atoms with Crippen LogP contribution in [0.1, 0.15) is 17.9 Å². The third-order valence-corrected chi connectivity index (χ3v) is 3.23. The van der Waals surface area contributed by atoms with Crippen LogP contribution in [0.5, 0.6) is 0 Å². The Balaban J connectivity index is 2.03. The molecule has 1 aromatic carbocycles. The molecule has 90 valence electrons. The van der Waals surface area contributed by atoms with Crippen molar-refractivity contribution in [2.45, 2.75) is 12.3 Å². The molecule has 0 saturated carbocycles. The Morgan fingerprint density at radius 3 is 2.76 bits per heavy atom. The largest absolute Gasteiger partial charge is 0.299 e. The molecule has 4 heteroatoms. The highest BCUT2D eigenvalue weighted by molar-refractivity contribution is 5.34. The summed E-state index contributed by atoms with van der Waals surface area (Å²) in [5.41, 5.74) is 1.36. The molecular formula is C13H16N2O2. The molecule has 1 heterocycles. The van der Waals surface area contributed by atoms with Crippen LogP contribution in [-0.2, 0) is 0 Å². The van der Waals surface area contributed by atoms with Crippen molar-refractivity contribution in [3.8, 4) is 0 Å². The molecule has 1 aliphatic heterocycles. The number of benzene rings is 1. The van der Waals surface area contributed by atoms with Crippen molar-refractivity contribution in [1.82, 2.24) is 4.90 Å². The second-order valence-electron chi connectivity index (χ2n) is 4.38. The number of likely N-dealkylation sites (tertiary alicyclic amines) is 1. The van der Waals surface area contributed by atoms with Gasteiger partial charge in [-0.2, -0.15) is 0 Å². The highest BCUT2D eigenvalue weighted by Crippen LogP contribution is 2.28. The minimum Gasteiger partial charge on any atom is -0.299 e. The van der Waals surface area contributed by atoms with E-state index in [1.807, 2.05) is 18.2 Å². The first-order chi connectivity index (χ1) is 8.20. The lowest BCUT2D eigenvalue weighted by atomic mass is 9.98. The normalized spacial score (nSPS) is 20.4. The molecule has 4 nitrogen and oxygen atoms in total. The minimum absolute atomic E-state index is 0.162. The summed E-state index contributed by atoms with van der Waals surface area (Å²) in [5, 5.41) is 10.6. The minimum atomic E-state index is -0.359. The average molecular weight is 232 g/mol. The van der Waals surface area contributed by atoms with E-state index in [9.17, 15) is 10.1 Å². The molecule has 1 fully saturated rings. The summed E-state index contributed by atoms with van der Waals surface area (Å²) in [4.78, 5) is 12.5. The van der Waals surface area contributed by atoms with Crippen LogP contribution in [0, 0.1) is 10.1 Å². The summed E-state index contributed by atoms with van der Waals surface area (Å²) in [5.74, 6) is 0.496. The average Bonchev–Trinajstić information content (AvgIpc) is 2.78. The van der Waals surface area contributed by atoms with Gasteiger partial charge in [-0.25, -0.2) is 0 Å². The maximum absolute atomic E-state index is 10.6. The monoisotopic (exact) mass is 232 g/mol. The Morgan fingerprint density at radius 2 is 2.18 bits per heavy atom. The van der Waals surface area contributed by atoms with Crippen molar-refractivity contribution in [2.75, 3.05) is 19.6 Å². The van der Waals surface area contributed by atoms with Gasteiger partial charge in [0, 0.05) is 25.2 Å². The maximum atomic E-state index is 10.6. The van der Waals surface area contributed by atoms with Crippen molar-refractivity contribution >= 4 is 5.69 Å². The number of non-ortho nitro benzene ring substituents is 1.